The number of hydrogen-bond acceptors (Lipinski definition) is 10. The molecule has 2 aromatic rings. The highest BCUT2D eigenvalue weighted by Crippen LogP contribution is 2.27. The van der Waals surface area contributed by atoms with Crippen molar-refractivity contribution in [3.05, 3.63) is 58.7 Å². The molecule has 0 bridgehead atoms. The van der Waals surface area contributed by atoms with Gasteiger partial charge in [-0.05, 0) is 42.3 Å². The van der Waals surface area contributed by atoms with E-state index in [-0.39, 0.29) is 50.4 Å². The van der Waals surface area contributed by atoms with E-state index in [1.165, 1.54) is 18.2 Å². The SMILES string of the molecule is CCNC(=O)c1cc(COC(=O)Nc2ccc(CO)cc2COC=O)ccc1OC1CC(O)CC(C(=O)O)O1. The van der Waals surface area contributed by atoms with Crippen LogP contribution in [0.25, 0.3) is 0 Å². The Morgan fingerprint density at radius 1 is 1.10 bits per heavy atom. The minimum absolute atomic E-state index is 0.0167. The Bertz CT molecular complexity index is 1190. The molecule has 13 nitrogen and oxygen atoms in total. The molecule has 13 heteroatoms. The summed E-state index contributed by atoms with van der Waals surface area (Å²) in [4.78, 5) is 47.0. The van der Waals surface area contributed by atoms with Crippen LogP contribution in [0.5, 0.6) is 5.75 Å². The average Bonchev–Trinajstić information content (AvgIpc) is 2.91. The number of ether oxygens (including phenoxy) is 4. The van der Waals surface area contributed by atoms with Gasteiger partial charge in [0.15, 0.2) is 6.10 Å². The first-order chi connectivity index (χ1) is 18.7. The Labute approximate surface area is 223 Å². The van der Waals surface area contributed by atoms with Crippen LogP contribution in [-0.4, -0.2) is 64.8 Å². The Hall–Kier alpha value is -4.20. The van der Waals surface area contributed by atoms with E-state index in [2.05, 4.69) is 10.6 Å². The lowest BCUT2D eigenvalue weighted by atomic mass is 10.0. The summed E-state index contributed by atoms with van der Waals surface area (Å²) in [7, 11) is 0. The molecule has 2 aromatic carbocycles. The predicted molar refractivity (Wildman–Crippen MR) is 134 cm³/mol. The van der Waals surface area contributed by atoms with Crippen molar-refractivity contribution in [1.82, 2.24) is 5.32 Å². The van der Waals surface area contributed by atoms with Gasteiger partial charge in [0.05, 0.1) is 24.0 Å². The molecule has 3 unspecified atom stereocenters. The summed E-state index contributed by atoms with van der Waals surface area (Å²) in [6.07, 6.45) is -4.16. The number of anilines is 1. The summed E-state index contributed by atoms with van der Waals surface area (Å²) in [6.45, 7) is 1.74. The van der Waals surface area contributed by atoms with E-state index in [0.29, 0.717) is 28.9 Å². The van der Waals surface area contributed by atoms with Crippen molar-refractivity contribution in [2.75, 3.05) is 11.9 Å². The van der Waals surface area contributed by atoms with E-state index >= 15 is 0 Å². The second-order valence-corrected chi connectivity index (χ2v) is 8.58. The standard InChI is InChI=1S/C26H30N2O11/c1-2-27-24(32)19-8-16(4-6-21(19)38-23-10-18(31)9-22(39-23)25(33)34)12-37-26(35)28-20-5-3-15(11-29)7-17(20)13-36-14-30/h3-8,14,18,22-23,29,31H,2,9-13H2,1H3,(H,27,32)(H,28,35)(H,33,34). The van der Waals surface area contributed by atoms with Gasteiger partial charge in [0, 0.05) is 24.9 Å². The van der Waals surface area contributed by atoms with Gasteiger partial charge in [-0.15, -0.1) is 0 Å². The van der Waals surface area contributed by atoms with Crippen LogP contribution in [0.4, 0.5) is 10.5 Å². The molecule has 0 aromatic heterocycles. The fraction of sp³-hybridized carbons (Fsp3) is 0.385. The monoisotopic (exact) mass is 546 g/mol. The number of carbonyl (C=O) groups is 4. The van der Waals surface area contributed by atoms with Gasteiger partial charge >= 0.3 is 12.1 Å². The van der Waals surface area contributed by atoms with Crippen molar-refractivity contribution in [2.24, 2.45) is 0 Å². The molecule has 210 valence electrons. The van der Waals surface area contributed by atoms with Crippen LogP contribution in [0.15, 0.2) is 36.4 Å². The lowest BCUT2D eigenvalue weighted by molar-refractivity contribution is -0.195. The van der Waals surface area contributed by atoms with Gasteiger partial charge in [-0.3, -0.25) is 14.9 Å². The van der Waals surface area contributed by atoms with E-state index < -0.39 is 36.5 Å². The first kappa shape index (κ1) is 29.4. The lowest BCUT2D eigenvalue weighted by Gasteiger charge is -2.31. The Morgan fingerprint density at radius 3 is 2.56 bits per heavy atom. The fourth-order valence-electron chi connectivity index (χ4n) is 3.84. The van der Waals surface area contributed by atoms with Gasteiger partial charge in [-0.1, -0.05) is 12.1 Å². The van der Waals surface area contributed by atoms with Gasteiger partial charge in [-0.2, -0.15) is 0 Å². The molecule has 0 radical (unpaired) electrons. The smallest absolute Gasteiger partial charge is 0.411 e. The third-order valence-electron chi connectivity index (χ3n) is 5.69. The van der Waals surface area contributed by atoms with Gasteiger partial charge in [-0.25, -0.2) is 9.59 Å². The summed E-state index contributed by atoms with van der Waals surface area (Å²) in [5, 5.41) is 33.8. The zero-order valence-corrected chi connectivity index (χ0v) is 21.1. The number of carboxylic acids is 1. The zero-order chi connectivity index (χ0) is 28.4. The van der Waals surface area contributed by atoms with E-state index in [1.807, 2.05) is 0 Å². The van der Waals surface area contributed by atoms with Crippen LogP contribution < -0.4 is 15.4 Å². The van der Waals surface area contributed by atoms with Crippen LogP contribution in [0.3, 0.4) is 0 Å². The molecule has 0 saturated carbocycles. The molecule has 3 rings (SSSR count). The van der Waals surface area contributed by atoms with Crippen molar-refractivity contribution < 1.29 is 53.4 Å². The van der Waals surface area contributed by atoms with E-state index in [4.69, 9.17) is 18.9 Å². The number of nitrogens with one attached hydrogen (secondary N) is 2. The van der Waals surface area contributed by atoms with E-state index in [1.54, 1.807) is 25.1 Å². The largest absolute Gasteiger partial charge is 0.479 e. The Kier molecular flexibility index (Phi) is 10.6. The third-order valence-corrected chi connectivity index (χ3v) is 5.69. The highest BCUT2D eigenvalue weighted by atomic mass is 16.7. The van der Waals surface area contributed by atoms with Crippen LogP contribution in [0.2, 0.25) is 0 Å². The first-order valence-corrected chi connectivity index (χ1v) is 12.1. The number of carbonyl (C=O) groups excluding carboxylic acids is 3. The molecular formula is C26H30N2O11. The van der Waals surface area contributed by atoms with Crippen molar-refractivity contribution in [1.29, 1.82) is 0 Å². The number of aliphatic hydroxyl groups is 2. The summed E-state index contributed by atoms with van der Waals surface area (Å²) >= 11 is 0. The van der Waals surface area contributed by atoms with Crippen LogP contribution in [0, 0.1) is 0 Å². The summed E-state index contributed by atoms with van der Waals surface area (Å²) in [6, 6.07) is 9.17. The number of hydrogen-bond donors (Lipinski definition) is 5. The molecule has 39 heavy (non-hydrogen) atoms. The summed E-state index contributed by atoms with van der Waals surface area (Å²) in [5.74, 6) is -1.61. The molecule has 1 fully saturated rings. The Balaban J connectivity index is 1.71. The normalized spacial score (nSPS) is 18.5. The van der Waals surface area contributed by atoms with Crippen LogP contribution in [-0.2, 0) is 43.6 Å². The van der Waals surface area contributed by atoms with E-state index in [0.717, 1.165) is 0 Å². The van der Waals surface area contributed by atoms with E-state index in [9.17, 15) is 34.5 Å². The number of rotatable bonds is 12. The molecule has 2 amide bonds. The number of benzene rings is 2. The highest BCUT2D eigenvalue weighted by Gasteiger charge is 2.34. The lowest BCUT2D eigenvalue weighted by Crippen LogP contribution is -2.42. The molecule has 1 saturated heterocycles. The zero-order valence-electron chi connectivity index (χ0n) is 21.1. The molecule has 1 aliphatic rings. The predicted octanol–water partition coefficient (Wildman–Crippen LogP) is 1.68. The third kappa shape index (κ3) is 8.40. The molecule has 0 aliphatic carbocycles. The molecule has 1 aliphatic heterocycles. The highest BCUT2D eigenvalue weighted by molar-refractivity contribution is 5.97. The quantitative estimate of drug-likeness (QED) is 0.244. The van der Waals surface area contributed by atoms with Crippen molar-refractivity contribution in [2.45, 2.75) is 58.1 Å². The minimum atomic E-state index is -1.25. The van der Waals surface area contributed by atoms with Gasteiger partial charge in [0.1, 0.15) is 19.0 Å². The number of aliphatic carboxylic acids is 1. The summed E-state index contributed by atoms with van der Waals surface area (Å²) in [5.41, 5.74) is 1.88. The fourth-order valence-corrected chi connectivity index (χ4v) is 3.84. The van der Waals surface area contributed by atoms with Crippen LogP contribution >= 0.6 is 0 Å². The number of carboxylic acid groups (broad SMARTS) is 1. The number of aliphatic hydroxyl groups excluding tert-OH is 2. The van der Waals surface area contributed by atoms with Gasteiger partial charge < -0.3 is 39.6 Å². The molecular weight excluding hydrogens is 516 g/mol. The maximum Gasteiger partial charge on any atom is 0.411 e. The van der Waals surface area contributed by atoms with Gasteiger partial charge in [0.2, 0.25) is 6.29 Å². The maximum absolute atomic E-state index is 12.7. The average molecular weight is 547 g/mol. The first-order valence-electron chi connectivity index (χ1n) is 12.1. The molecule has 1 heterocycles. The van der Waals surface area contributed by atoms with Gasteiger partial charge in [0.25, 0.3) is 12.4 Å². The van der Waals surface area contributed by atoms with Crippen molar-refractivity contribution >= 4 is 30.1 Å². The van der Waals surface area contributed by atoms with Crippen molar-refractivity contribution in [3.63, 3.8) is 0 Å². The van der Waals surface area contributed by atoms with Crippen LogP contribution in [0.1, 0.15) is 46.8 Å². The topological polar surface area (TPSA) is 190 Å². The Morgan fingerprint density at radius 2 is 1.87 bits per heavy atom. The molecule has 5 N–H and O–H groups in total. The summed E-state index contributed by atoms with van der Waals surface area (Å²) < 4.78 is 21.2. The second kappa shape index (κ2) is 14.1. The molecule has 0 spiro atoms. The minimum Gasteiger partial charge on any atom is -0.479 e. The second-order valence-electron chi connectivity index (χ2n) is 8.58. The number of amides is 2. The maximum atomic E-state index is 12.7. The van der Waals surface area contributed by atoms with Crippen molar-refractivity contribution in [3.8, 4) is 5.75 Å². The molecule has 3 atom stereocenters.